The highest BCUT2D eigenvalue weighted by Crippen LogP contribution is 2.58. The van der Waals surface area contributed by atoms with Gasteiger partial charge in [0.1, 0.15) is 5.75 Å². The van der Waals surface area contributed by atoms with Gasteiger partial charge in [-0.05, 0) is 72.5 Å². The van der Waals surface area contributed by atoms with Crippen LogP contribution in [0, 0.1) is 18.3 Å². The van der Waals surface area contributed by atoms with Crippen LogP contribution in [0.15, 0.2) is 102 Å². The van der Waals surface area contributed by atoms with Gasteiger partial charge in [0, 0.05) is 12.2 Å². The van der Waals surface area contributed by atoms with Gasteiger partial charge in [-0.25, -0.2) is 8.42 Å². The zero-order valence-corrected chi connectivity index (χ0v) is 23.6. The van der Waals surface area contributed by atoms with Crippen molar-refractivity contribution in [2.24, 2.45) is 0 Å². The number of rotatable bonds is 6. The number of aryl methyl sites for hydroxylation is 1. The summed E-state index contributed by atoms with van der Waals surface area (Å²) >= 11 is 0. The van der Waals surface area contributed by atoms with Crippen molar-refractivity contribution in [3.63, 3.8) is 0 Å². The van der Waals surface area contributed by atoms with E-state index in [0.29, 0.717) is 29.8 Å². The maximum atomic E-state index is 14.8. The van der Waals surface area contributed by atoms with E-state index in [0.717, 1.165) is 22.4 Å². The number of benzene rings is 4. The van der Waals surface area contributed by atoms with Crippen LogP contribution in [0.1, 0.15) is 40.3 Å². The Hall–Kier alpha value is -4.45. The Morgan fingerprint density at radius 3 is 2.34 bits per heavy atom. The fourth-order valence-corrected chi connectivity index (χ4v) is 7.88. The Morgan fingerprint density at radius 1 is 0.976 bits per heavy atom. The van der Waals surface area contributed by atoms with Gasteiger partial charge >= 0.3 is 0 Å². The highest BCUT2D eigenvalue weighted by Gasteiger charge is 2.63. The molecule has 1 saturated heterocycles. The third-order valence-electron chi connectivity index (χ3n) is 8.25. The van der Waals surface area contributed by atoms with E-state index in [-0.39, 0.29) is 17.3 Å². The van der Waals surface area contributed by atoms with Crippen LogP contribution in [0.25, 0.3) is 0 Å². The van der Waals surface area contributed by atoms with Gasteiger partial charge < -0.3 is 9.64 Å². The molecule has 2 unspecified atom stereocenters. The fraction of sp³-hybridized carbons (Fsp3) is 0.212. The molecule has 0 bridgehead atoms. The molecule has 206 valence electrons. The summed E-state index contributed by atoms with van der Waals surface area (Å²) in [4.78, 5) is 16.7. The molecule has 0 saturated carbocycles. The Morgan fingerprint density at radius 2 is 1.68 bits per heavy atom. The van der Waals surface area contributed by atoms with Crippen LogP contribution in [0.4, 0.5) is 5.69 Å². The Labute approximate surface area is 240 Å². The summed E-state index contributed by atoms with van der Waals surface area (Å²) in [6.07, 6.45) is 0.299. The minimum atomic E-state index is -3.98. The van der Waals surface area contributed by atoms with E-state index in [2.05, 4.69) is 6.07 Å². The second-order valence-electron chi connectivity index (χ2n) is 10.5. The topological polar surface area (TPSA) is 90.7 Å². The van der Waals surface area contributed by atoms with Gasteiger partial charge in [0.2, 0.25) is 15.9 Å². The molecule has 0 N–H and O–H groups in total. The first-order chi connectivity index (χ1) is 19.8. The number of anilines is 1. The molecule has 4 aromatic rings. The van der Waals surface area contributed by atoms with Gasteiger partial charge in [-0.3, -0.25) is 4.79 Å². The number of nitriles is 1. The van der Waals surface area contributed by atoms with Crippen LogP contribution in [0.3, 0.4) is 0 Å². The normalized spacial score (nSPS) is 20.3. The van der Waals surface area contributed by atoms with E-state index >= 15 is 0 Å². The van der Waals surface area contributed by atoms with Crippen LogP contribution in [0.5, 0.6) is 5.75 Å². The highest BCUT2D eigenvalue weighted by molar-refractivity contribution is 7.89. The second kappa shape index (κ2) is 10.2. The summed E-state index contributed by atoms with van der Waals surface area (Å²) in [5.74, 6) is 0.441. The summed E-state index contributed by atoms with van der Waals surface area (Å²) in [5, 5.41) is 9.42. The molecule has 2 aliphatic rings. The van der Waals surface area contributed by atoms with Crippen LogP contribution in [0.2, 0.25) is 0 Å². The maximum absolute atomic E-state index is 14.8. The van der Waals surface area contributed by atoms with Gasteiger partial charge in [0.05, 0.1) is 41.6 Å². The quantitative estimate of drug-likeness (QED) is 0.309. The zero-order valence-electron chi connectivity index (χ0n) is 22.8. The number of fused-ring (bicyclic) bond motifs is 2. The molecule has 6 rings (SSSR count). The summed E-state index contributed by atoms with van der Waals surface area (Å²) in [7, 11) is -2.41. The summed E-state index contributed by atoms with van der Waals surface area (Å²) in [5.41, 5.74) is 3.33. The maximum Gasteiger partial charge on any atom is 0.243 e. The van der Waals surface area contributed by atoms with Gasteiger partial charge in [-0.2, -0.15) is 9.57 Å². The summed E-state index contributed by atoms with van der Waals surface area (Å²) in [6, 6.07) is 30.3. The standard InChI is InChI=1S/C33H29N3O4S/c1-23-8-15-28(16-9-23)41(38,39)36-19-18-33(31(36)26-12-10-24(21-34)11-13-26)29-20-27(40-2)14-17-30(29)35(32(33)37)22-25-6-4-3-5-7-25/h3-17,20,31H,18-19,22H2,1-2H3. The molecule has 7 nitrogen and oxygen atoms in total. The molecule has 1 fully saturated rings. The van der Waals surface area contributed by atoms with Gasteiger partial charge in [0.15, 0.2) is 0 Å². The van der Waals surface area contributed by atoms with E-state index in [1.165, 1.54) is 4.31 Å². The molecule has 0 aliphatic carbocycles. The molecule has 1 amide bonds. The van der Waals surface area contributed by atoms with E-state index in [1.807, 2.05) is 55.5 Å². The van der Waals surface area contributed by atoms with Gasteiger partial charge in [-0.15, -0.1) is 0 Å². The van der Waals surface area contributed by atoms with Crippen molar-refractivity contribution in [3.8, 4) is 11.8 Å². The van der Waals surface area contributed by atoms with Crippen molar-refractivity contribution in [1.82, 2.24) is 4.31 Å². The number of hydrogen-bond donors (Lipinski definition) is 0. The van der Waals surface area contributed by atoms with Crippen LogP contribution >= 0.6 is 0 Å². The fourth-order valence-electron chi connectivity index (χ4n) is 6.22. The molecule has 4 aromatic carbocycles. The lowest BCUT2D eigenvalue weighted by Crippen LogP contribution is -2.45. The number of nitrogens with zero attached hydrogens (tertiary/aromatic N) is 3. The minimum Gasteiger partial charge on any atom is -0.497 e. The molecular weight excluding hydrogens is 534 g/mol. The third-order valence-corrected chi connectivity index (χ3v) is 10.1. The Bertz CT molecular complexity index is 1760. The number of carbonyl (C=O) groups is 1. The summed E-state index contributed by atoms with van der Waals surface area (Å²) in [6.45, 7) is 2.41. The largest absolute Gasteiger partial charge is 0.497 e. The lowest BCUT2D eigenvalue weighted by Gasteiger charge is -2.34. The number of methoxy groups -OCH3 is 1. The molecular formula is C33H29N3O4S. The van der Waals surface area contributed by atoms with Crippen molar-refractivity contribution in [2.45, 2.75) is 36.2 Å². The number of carbonyl (C=O) groups excluding carboxylic acids is 1. The SMILES string of the molecule is COc1ccc2c(c1)C1(CCN(S(=O)(=O)c3ccc(C)cc3)C1c1ccc(C#N)cc1)C(=O)N2Cc1ccccc1. The number of sulfonamides is 1. The van der Waals surface area contributed by atoms with E-state index in [4.69, 9.17) is 4.74 Å². The first-order valence-corrected chi connectivity index (χ1v) is 14.9. The Balaban J connectivity index is 1.56. The van der Waals surface area contributed by atoms with Gasteiger partial charge in [0.25, 0.3) is 0 Å². The molecule has 2 heterocycles. The zero-order chi connectivity index (χ0) is 28.8. The van der Waals surface area contributed by atoms with Crippen LogP contribution in [-0.4, -0.2) is 32.3 Å². The average molecular weight is 564 g/mol. The highest BCUT2D eigenvalue weighted by atomic mass is 32.2. The lowest BCUT2D eigenvalue weighted by molar-refractivity contribution is -0.124. The number of ether oxygens (including phenoxy) is 1. The first-order valence-electron chi connectivity index (χ1n) is 13.4. The molecule has 2 aliphatic heterocycles. The summed E-state index contributed by atoms with van der Waals surface area (Å²) < 4.78 is 35.5. The van der Waals surface area contributed by atoms with Crippen LogP contribution < -0.4 is 9.64 Å². The van der Waals surface area contributed by atoms with Crippen molar-refractivity contribution in [2.75, 3.05) is 18.6 Å². The van der Waals surface area contributed by atoms with E-state index in [1.54, 1.807) is 60.5 Å². The van der Waals surface area contributed by atoms with Gasteiger partial charge in [-0.1, -0.05) is 60.2 Å². The van der Waals surface area contributed by atoms with Crippen molar-refractivity contribution in [1.29, 1.82) is 5.26 Å². The molecule has 0 aromatic heterocycles. The second-order valence-corrected chi connectivity index (χ2v) is 12.4. The molecule has 0 radical (unpaired) electrons. The molecule has 2 atom stereocenters. The number of amides is 1. The van der Waals surface area contributed by atoms with Crippen molar-refractivity contribution >= 4 is 21.6 Å². The first kappa shape index (κ1) is 26.8. The monoisotopic (exact) mass is 563 g/mol. The number of hydrogen-bond acceptors (Lipinski definition) is 5. The minimum absolute atomic E-state index is 0.152. The van der Waals surface area contributed by atoms with E-state index < -0.39 is 21.5 Å². The average Bonchev–Trinajstić information content (AvgIpc) is 3.51. The Kier molecular flexibility index (Phi) is 6.65. The lowest BCUT2D eigenvalue weighted by atomic mass is 9.72. The predicted octanol–water partition coefficient (Wildman–Crippen LogP) is 5.50. The molecule has 1 spiro atoms. The van der Waals surface area contributed by atoms with Crippen LogP contribution in [-0.2, 0) is 26.8 Å². The molecule has 41 heavy (non-hydrogen) atoms. The predicted molar refractivity (Wildman–Crippen MR) is 156 cm³/mol. The molecule has 8 heteroatoms. The van der Waals surface area contributed by atoms with E-state index in [9.17, 15) is 18.5 Å². The third kappa shape index (κ3) is 4.29. The smallest absolute Gasteiger partial charge is 0.243 e. The van der Waals surface area contributed by atoms with Crippen molar-refractivity contribution in [3.05, 3.63) is 125 Å². The van der Waals surface area contributed by atoms with Crippen molar-refractivity contribution < 1.29 is 17.9 Å².